The third kappa shape index (κ3) is 6.00. The summed E-state index contributed by atoms with van der Waals surface area (Å²) < 4.78 is 11.4. The minimum Gasteiger partial charge on any atom is -0.493 e. The number of nitrogens with one attached hydrogen (secondary N) is 1. The van der Waals surface area contributed by atoms with Gasteiger partial charge in [0.25, 0.3) is 0 Å². The highest BCUT2D eigenvalue weighted by atomic mass is 16.5. The number of carbonyl (C=O) groups is 1. The number of para-hydroxylation sites is 1. The zero-order valence-electron chi connectivity index (χ0n) is 13.6. The van der Waals surface area contributed by atoms with Gasteiger partial charge in [-0.2, -0.15) is 5.10 Å². The molecule has 0 bridgehead atoms. The normalized spacial score (nSPS) is 10.5. The predicted octanol–water partition coefficient (Wildman–Crippen LogP) is 2.85. The van der Waals surface area contributed by atoms with Crippen molar-refractivity contribution in [2.75, 3.05) is 13.2 Å². The molecule has 0 radical (unpaired) electrons. The molecule has 2 aromatic rings. The summed E-state index contributed by atoms with van der Waals surface area (Å²) in [7, 11) is 0. The van der Waals surface area contributed by atoms with Crippen LogP contribution in [-0.2, 0) is 0 Å². The minimum atomic E-state index is -0.702. The van der Waals surface area contributed by atoms with E-state index in [2.05, 4.69) is 10.5 Å². The van der Waals surface area contributed by atoms with Gasteiger partial charge in [0.2, 0.25) is 0 Å². The first-order valence-corrected chi connectivity index (χ1v) is 7.65. The molecule has 0 atom stereocenters. The number of carbonyl (C=O) groups excluding carboxylic acids is 1. The first kappa shape index (κ1) is 17.3. The standard InChI is InChI=1S/C18H21N3O3/c1-14-6-2-3-9-17(14)24-11-5-10-23-16-8-4-7-15(12-16)13-20-21-18(19)22/h2-4,6-9,12-13H,5,10-11H2,1H3,(H3,19,21,22)/b20-13+. The summed E-state index contributed by atoms with van der Waals surface area (Å²) in [5.41, 5.74) is 9.00. The van der Waals surface area contributed by atoms with Crippen LogP contribution >= 0.6 is 0 Å². The van der Waals surface area contributed by atoms with Gasteiger partial charge in [0.1, 0.15) is 11.5 Å². The van der Waals surface area contributed by atoms with Gasteiger partial charge in [0.05, 0.1) is 19.4 Å². The molecule has 126 valence electrons. The number of hydrogen-bond acceptors (Lipinski definition) is 4. The number of aryl methyl sites for hydroxylation is 1. The third-order valence-corrected chi connectivity index (χ3v) is 3.16. The van der Waals surface area contributed by atoms with Crippen LogP contribution in [0.25, 0.3) is 0 Å². The van der Waals surface area contributed by atoms with E-state index < -0.39 is 6.03 Å². The molecule has 0 fully saturated rings. The number of amides is 2. The summed E-state index contributed by atoms with van der Waals surface area (Å²) in [6.07, 6.45) is 2.27. The molecule has 0 aliphatic heterocycles. The molecule has 6 heteroatoms. The molecule has 0 aliphatic carbocycles. The van der Waals surface area contributed by atoms with E-state index in [4.69, 9.17) is 15.2 Å². The number of hydrogen-bond donors (Lipinski definition) is 2. The van der Waals surface area contributed by atoms with Gasteiger partial charge in [-0.15, -0.1) is 0 Å². The average Bonchev–Trinajstić information content (AvgIpc) is 2.56. The minimum absolute atomic E-state index is 0.548. The van der Waals surface area contributed by atoms with Crippen molar-refractivity contribution in [2.24, 2.45) is 10.8 Å². The van der Waals surface area contributed by atoms with Gasteiger partial charge in [0.15, 0.2) is 0 Å². The first-order valence-electron chi connectivity index (χ1n) is 7.65. The topological polar surface area (TPSA) is 85.9 Å². The second-order valence-corrected chi connectivity index (χ2v) is 5.12. The maximum atomic E-state index is 10.5. The number of primary amides is 1. The van der Waals surface area contributed by atoms with E-state index in [1.807, 2.05) is 55.5 Å². The quantitative estimate of drug-likeness (QED) is 0.444. The molecule has 6 nitrogen and oxygen atoms in total. The summed E-state index contributed by atoms with van der Waals surface area (Å²) in [6, 6.07) is 14.6. The van der Waals surface area contributed by atoms with Crippen molar-refractivity contribution in [3.63, 3.8) is 0 Å². The fourth-order valence-corrected chi connectivity index (χ4v) is 2.00. The molecule has 2 amide bonds. The highest BCUT2D eigenvalue weighted by Crippen LogP contribution is 2.16. The molecular formula is C18H21N3O3. The van der Waals surface area contributed by atoms with Crippen molar-refractivity contribution in [2.45, 2.75) is 13.3 Å². The molecule has 0 aromatic heterocycles. The molecule has 24 heavy (non-hydrogen) atoms. The Balaban J connectivity index is 1.73. The van der Waals surface area contributed by atoms with Gasteiger partial charge in [-0.25, -0.2) is 10.2 Å². The van der Waals surface area contributed by atoms with E-state index in [0.29, 0.717) is 13.2 Å². The highest BCUT2D eigenvalue weighted by Gasteiger charge is 1.99. The van der Waals surface area contributed by atoms with Gasteiger partial charge in [-0.05, 0) is 36.2 Å². The number of nitrogens with two attached hydrogens (primary N) is 1. The Morgan fingerprint density at radius 3 is 2.75 bits per heavy atom. The van der Waals surface area contributed by atoms with E-state index in [1.165, 1.54) is 6.21 Å². The van der Waals surface area contributed by atoms with Gasteiger partial charge >= 0.3 is 6.03 Å². The van der Waals surface area contributed by atoms with E-state index in [-0.39, 0.29) is 0 Å². The summed E-state index contributed by atoms with van der Waals surface area (Å²) in [6.45, 7) is 3.16. The van der Waals surface area contributed by atoms with E-state index in [0.717, 1.165) is 29.0 Å². The van der Waals surface area contributed by atoms with Crippen LogP contribution in [0.15, 0.2) is 53.6 Å². The number of hydrazone groups is 1. The molecule has 3 N–H and O–H groups in total. The highest BCUT2D eigenvalue weighted by molar-refractivity contribution is 5.81. The Morgan fingerprint density at radius 2 is 1.96 bits per heavy atom. The van der Waals surface area contributed by atoms with Crippen LogP contribution in [0.1, 0.15) is 17.5 Å². The number of ether oxygens (including phenoxy) is 2. The van der Waals surface area contributed by atoms with Gasteiger partial charge in [0, 0.05) is 6.42 Å². The van der Waals surface area contributed by atoms with Crippen LogP contribution in [0.2, 0.25) is 0 Å². The Hall–Kier alpha value is -3.02. The zero-order valence-corrected chi connectivity index (χ0v) is 13.6. The van der Waals surface area contributed by atoms with Crippen LogP contribution in [0, 0.1) is 6.92 Å². The zero-order chi connectivity index (χ0) is 17.2. The maximum Gasteiger partial charge on any atom is 0.332 e. The smallest absolute Gasteiger partial charge is 0.332 e. The van der Waals surface area contributed by atoms with Crippen LogP contribution < -0.4 is 20.6 Å². The Kier molecular flexibility index (Phi) is 6.64. The lowest BCUT2D eigenvalue weighted by atomic mass is 10.2. The van der Waals surface area contributed by atoms with Gasteiger partial charge < -0.3 is 15.2 Å². The lowest BCUT2D eigenvalue weighted by molar-refractivity contribution is 0.246. The van der Waals surface area contributed by atoms with Crippen molar-refractivity contribution in [3.05, 3.63) is 59.7 Å². The summed E-state index contributed by atoms with van der Waals surface area (Å²) in [5, 5.41) is 3.71. The second kappa shape index (κ2) is 9.19. The largest absolute Gasteiger partial charge is 0.493 e. The second-order valence-electron chi connectivity index (χ2n) is 5.12. The van der Waals surface area contributed by atoms with Gasteiger partial charge in [-0.1, -0.05) is 30.3 Å². The number of nitrogens with zero attached hydrogens (tertiary/aromatic N) is 1. The predicted molar refractivity (Wildman–Crippen MR) is 93.5 cm³/mol. The number of benzene rings is 2. The van der Waals surface area contributed by atoms with Crippen molar-refractivity contribution in [1.29, 1.82) is 0 Å². The SMILES string of the molecule is Cc1ccccc1OCCCOc1cccc(/C=N/NC(N)=O)c1. The maximum absolute atomic E-state index is 10.5. The molecule has 0 heterocycles. The Labute approximate surface area is 141 Å². The first-order chi connectivity index (χ1) is 11.6. The van der Waals surface area contributed by atoms with Crippen molar-refractivity contribution < 1.29 is 14.3 Å². The average molecular weight is 327 g/mol. The fraction of sp³-hybridized carbons (Fsp3) is 0.222. The molecule has 0 saturated carbocycles. The fourth-order valence-electron chi connectivity index (χ4n) is 2.00. The Bertz CT molecular complexity index is 701. The molecule has 0 saturated heterocycles. The molecule has 0 aliphatic rings. The van der Waals surface area contributed by atoms with Gasteiger partial charge in [-0.3, -0.25) is 0 Å². The molecule has 0 unspecified atom stereocenters. The van der Waals surface area contributed by atoms with Crippen LogP contribution in [0.3, 0.4) is 0 Å². The van der Waals surface area contributed by atoms with E-state index in [9.17, 15) is 4.79 Å². The van der Waals surface area contributed by atoms with Crippen LogP contribution in [0.5, 0.6) is 11.5 Å². The van der Waals surface area contributed by atoms with Crippen molar-refractivity contribution in [3.8, 4) is 11.5 Å². The summed E-state index contributed by atoms with van der Waals surface area (Å²) in [5.74, 6) is 1.63. The number of rotatable bonds is 8. The van der Waals surface area contributed by atoms with E-state index >= 15 is 0 Å². The monoisotopic (exact) mass is 327 g/mol. The van der Waals surface area contributed by atoms with E-state index in [1.54, 1.807) is 0 Å². The van der Waals surface area contributed by atoms with Crippen molar-refractivity contribution >= 4 is 12.2 Å². The molecule has 2 rings (SSSR count). The lowest BCUT2D eigenvalue weighted by Gasteiger charge is -2.10. The third-order valence-electron chi connectivity index (χ3n) is 3.16. The van der Waals surface area contributed by atoms with Crippen LogP contribution in [-0.4, -0.2) is 25.5 Å². The summed E-state index contributed by atoms with van der Waals surface area (Å²) >= 11 is 0. The molecule has 2 aromatic carbocycles. The Morgan fingerprint density at radius 1 is 1.17 bits per heavy atom. The molecule has 0 spiro atoms. The molecular weight excluding hydrogens is 306 g/mol. The van der Waals surface area contributed by atoms with Crippen LogP contribution in [0.4, 0.5) is 4.79 Å². The summed E-state index contributed by atoms with van der Waals surface area (Å²) in [4.78, 5) is 10.5. The van der Waals surface area contributed by atoms with Crippen molar-refractivity contribution in [1.82, 2.24) is 5.43 Å². The lowest BCUT2D eigenvalue weighted by Crippen LogP contribution is -2.24. The number of urea groups is 1.